The number of pyridine rings is 1. The Hall–Kier alpha value is -2.46. The van der Waals surface area contributed by atoms with E-state index in [1.54, 1.807) is 16.8 Å². The number of hydrogen-bond donors (Lipinski definition) is 1. The minimum absolute atomic E-state index is 0.0552. The van der Waals surface area contributed by atoms with Gasteiger partial charge in [-0.1, -0.05) is 24.3 Å². The lowest BCUT2D eigenvalue weighted by Crippen LogP contribution is -2.21. The quantitative estimate of drug-likeness (QED) is 0.803. The van der Waals surface area contributed by atoms with Crippen LogP contribution in [0.4, 0.5) is 4.39 Å². The summed E-state index contributed by atoms with van der Waals surface area (Å²) >= 11 is 0. The maximum Gasteiger partial charge on any atom is 0.258 e. The number of nitrogens with two attached hydrogens (primary N) is 1. The lowest BCUT2D eigenvalue weighted by molar-refractivity contribution is 0.622. The van der Waals surface area contributed by atoms with Crippen molar-refractivity contribution in [2.45, 2.75) is 13.1 Å². The normalized spacial score (nSPS) is 11.0. The second-order valence-electron chi connectivity index (χ2n) is 4.95. The third-order valence-electron chi connectivity index (χ3n) is 3.62. The SMILES string of the molecule is NCc1cc(F)ccc1Cn1ccc2ccccc2c1=O. The van der Waals surface area contributed by atoms with Gasteiger partial charge in [0.15, 0.2) is 0 Å². The fourth-order valence-corrected chi connectivity index (χ4v) is 2.48. The zero-order chi connectivity index (χ0) is 14.8. The summed E-state index contributed by atoms with van der Waals surface area (Å²) in [7, 11) is 0. The topological polar surface area (TPSA) is 48.0 Å². The highest BCUT2D eigenvalue weighted by Gasteiger charge is 2.07. The van der Waals surface area contributed by atoms with Crippen LogP contribution in [0.1, 0.15) is 11.1 Å². The van der Waals surface area contributed by atoms with E-state index in [2.05, 4.69) is 0 Å². The molecule has 3 rings (SSSR count). The van der Waals surface area contributed by atoms with Gasteiger partial charge in [-0.2, -0.15) is 0 Å². The first kappa shape index (κ1) is 13.5. The van der Waals surface area contributed by atoms with Crippen LogP contribution in [0.5, 0.6) is 0 Å². The highest BCUT2D eigenvalue weighted by molar-refractivity contribution is 5.81. The second-order valence-corrected chi connectivity index (χ2v) is 4.95. The van der Waals surface area contributed by atoms with Gasteiger partial charge < -0.3 is 10.3 Å². The molecule has 0 aliphatic carbocycles. The Morgan fingerprint density at radius 3 is 2.67 bits per heavy atom. The molecule has 0 aliphatic heterocycles. The van der Waals surface area contributed by atoms with Gasteiger partial charge in [0.05, 0.1) is 6.54 Å². The van der Waals surface area contributed by atoms with Crippen molar-refractivity contribution in [3.05, 3.63) is 82.0 Å². The maximum atomic E-state index is 13.2. The highest BCUT2D eigenvalue weighted by atomic mass is 19.1. The van der Waals surface area contributed by atoms with Crippen LogP contribution in [0.3, 0.4) is 0 Å². The minimum Gasteiger partial charge on any atom is -0.326 e. The molecule has 0 atom stereocenters. The van der Waals surface area contributed by atoms with Crippen molar-refractivity contribution in [1.82, 2.24) is 4.57 Å². The van der Waals surface area contributed by atoms with E-state index in [0.717, 1.165) is 16.5 Å². The summed E-state index contributed by atoms with van der Waals surface area (Å²) in [5, 5.41) is 1.59. The Bertz CT molecular complexity index is 855. The lowest BCUT2D eigenvalue weighted by Gasteiger charge is -2.11. The fourth-order valence-electron chi connectivity index (χ4n) is 2.48. The number of nitrogens with zero attached hydrogens (tertiary/aromatic N) is 1. The Morgan fingerprint density at radius 1 is 1.05 bits per heavy atom. The van der Waals surface area contributed by atoms with Crippen LogP contribution in [0.25, 0.3) is 10.8 Å². The molecule has 0 aliphatic rings. The van der Waals surface area contributed by atoms with Crippen molar-refractivity contribution in [3.63, 3.8) is 0 Å². The van der Waals surface area contributed by atoms with Gasteiger partial charge in [0.1, 0.15) is 5.82 Å². The Labute approximate surface area is 121 Å². The van der Waals surface area contributed by atoms with E-state index < -0.39 is 0 Å². The smallest absolute Gasteiger partial charge is 0.258 e. The van der Waals surface area contributed by atoms with Gasteiger partial charge in [-0.3, -0.25) is 4.79 Å². The summed E-state index contributed by atoms with van der Waals surface area (Å²) < 4.78 is 14.9. The molecule has 0 unspecified atom stereocenters. The molecule has 0 radical (unpaired) electrons. The van der Waals surface area contributed by atoms with E-state index in [4.69, 9.17) is 5.73 Å². The molecule has 0 amide bonds. The zero-order valence-electron chi connectivity index (χ0n) is 11.4. The first-order valence-electron chi connectivity index (χ1n) is 6.74. The molecule has 3 nitrogen and oxygen atoms in total. The molecule has 3 aromatic rings. The largest absolute Gasteiger partial charge is 0.326 e. The van der Waals surface area contributed by atoms with Gasteiger partial charge in [0.2, 0.25) is 0 Å². The van der Waals surface area contributed by atoms with Crippen LogP contribution in [0, 0.1) is 5.82 Å². The van der Waals surface area contributed by atoms with Crippen molar-refractivity contribution >= 4 is 10.8 Å². The molecule has 2 aromatic carbocycles. The molecule has 0 spiro atoms. The van der Waals surface area contributed by atoms with E-state index in [1.165, 1.54) is 12.1 Å². The summed E-state index contributed by atoms with van der Waals surface area (Å²) in [6, 6.07) is 13.9. The van der Waals surface area contributed by atoms with E-state index in [-0.39, 0.29) is 17.9 Å². The number of aromatic nitrogens is 1. The monoisotopic (exact) mass is 282 g/mol. The van der Waals surface area contributed by atoms with Gasteiger partial charge in [-0.05, 0) is 40.8 Å². The highest BCUT2D eigenvalue weighted by Crippen LogP contribution is 2.13. The Morgan fingerprint density at radius 2 is 1.86 bits per heavy atom. The van der Waals surface area contributed by atoms with Crippen LogP contribution in [0.2, 0.25) is 0 Å². The third-order valence-corrected chi connectivity index (χ3v) is 3.62. The average Bonchev–Trinajstić information content (AvgIpc) is 2.51. The van der Waals surface area contributed by atoms with Crippen molar-refractivity contribution in [3.8, 4) is 0 Å². The summed E-state index contributed by atoms with van der Waals surface area (Å²) in [5.41, 5.74) is 7.17. The average molecular weight is 282 g/mol. The van der Waals surface area contributed by atoms with Crippen LogP contribution in [0.15, 0.2) is 59.5 Å². The Kier molecular flexibility index (Phi) is 3.54. The van der Waals surface area contributed by atoms with Gasteiger partial charge >= 0.3 is 0 Å². The number of benzene rings is 2. The molecule has 0 saturated heterocycles. The molecule has 1 aromatic heterocycles. The van der Waals surface area contributed by atoms with Gasteiger partial charge in [0, 0.05) is 18.1 Å². The molecule has 4 heteroatoms. The van der Waals surface area contributed by atoms with E-state index in [1.807, 2.05) is 30.3 Å². The summed E-state index contributed by atoms with van der Waals surface area (Å²) in [6.45, 7) is 0.631. The summed E-state index contributed by atoms with van der Waals surface area (Å²) in [5.74, 6) is -0.315. The molecule has 0 bridgehead atoms. The number of rotatable bonds is 3. The van der Waals surface area contributed by atoms with Crippen LogP contribution >= 0.6 is 0 Å². The number of fused-ring (bicyclic) bond motifs is 1. The molecule has 0 saturated carbocycles. The zero-order valence-corrected chi connectivity index (χ0v) is 11.4. The van der Waals surface area contributed by atoms with E-state index >= 15 is 0 Å². The second kappa shape index (κ2) is 5.50. The van der Waals surface area contributed by atoms with Gasteiger partial charge in [-0.15, -0.1) is 0 Å². The van der Waals surface area contributed by atoms with Crippen LogP contribution in [-0.4, -0.2) is 4.57 Å². The standard InChI is InChI=1S/C17H15FN2O/c18-15-6-5-13(14(9-15)10-19)11-20-8-7-12-3-1-2-4-16(12)17(20)21/h1-9H,10-11,19H2. The number of hydrogen-bond acceptors (Lipinski definition) is 2. The lowest BCUT2D eigenvalue weighted by atomic mass is 10.1. The maximum absolute atomic E-state index is 13.2. The fraction of sp³-hybridized carbons (Fsp3) is 0.118. The van der Waals surface area contributed by atoms with Gasteiger partial charge in [0.25, 0.3) is 5.56 Å². The summed E-state index contributed by atoms with van der Waals surface area (Å²) in [6.07, 6.45) is 1.76. The van der Waals surface area contributed by atoms with Crippen molar-refractivity contribution < 1.29 is 4.39 Å². The van der Waals surface area contributed by atoms with E-state index in [0.29, 0.717) is 11.9 Å². The first-order valence-corrected chi connectivity index (χ1v) is 6.74. The molecule has 1 heterocycles. The summed E-state index contributed by atoms with van der Waals surface area (Å²) in [4.78, 5) is 12.5. The molecule has 2 N–H and O–H groups in total. The van der Waals surface area contributed by atoms with Gasteiger partial charge in [-0.25, -0.2) is 4.39 Å². The predicted octanol–water partition coefficient (Wildman–Crippen LogP) is 2.65. The van der Waals surface area contributed by atoms with Crippen LogP contribution < -0.4 is 11.3 Å². The molecular weight excluding hydrogens is 267 g/mol. The van der Waals surface area contributed by atoms with Crippen molar-refractivity contribution in [2.24, 2.45) is 5.73 Å². The number of halogens is 1. The molecule has 106 valence electrons. The predicted molar refractivity (Wildman–Crippen MR) is 81.6 cm³/mol. The molecule has 0 fully saturated rings. The minimum atomic E-state index is -0.315. The van der Waals surface area contributed by atoms with E-state index in [9.17, 15) is 9.18 Å². The molecule has 21 heavy (non-hydrogen) atoms. The van der Waals surface area contributed by atoms with Crippen LogP contribution in [-0.2, 0) is 13.1 Å². The van der Waals surface area contributed by atoms with Crippen molar-refractivity contribution in [1.29, 1.82) is 0 Å². The third kappa shape index (κ3) is 2.58. The first-order chi connectivity index (χ1) is 10.2. The van der Waals surface area contributed by atoms with Crippen molar-refractivity contribution in [2.75, 3.05) is 0 Å². The Balaban J connectivity index is 2.06. The molecular formula is C17H15FN2O.